The molecular weight excluding hydrogens is 423 g/mol. The van der Waals surface area contributed by atoms with E-state index in [1.807, 2.05) is 43.5 Å². The fraction of sp³-hybridized carbons (Fsp3) is 0.133. The number of fused-ring (bicyclic) bond motifs is 2. The minimum atomic E-state index is -0.592. The van der Waals surface area contributed by atoms with E-state index in [9.17, 15) is 9.18 Å². The number of carbonyl (C=O) groups is 1. The summed E-state index contributed by atoms with van der Waals surface area (Å²) in [5.41, 5.74) is 7.04. The lowest BCUT2D eigenvalue weighted by molar-refractivity contribution is 0.0969. The fourth-order valence-electron chi connectivity index (χ4n) is 3.59. The number of hydrogen-bond acceptors (Lipinski definition) is 2. The molecule has 4 rings (SSSR count). The van der Waals surface area contributed by atoms with E-state index in [0.29, 0.717) is 11.3 Å². The first kappa shape index (κ1) is 24.6. The molecule has 3 nitrogen and oxygen atoms in total. The van der Waals surface area contributed by atoms with Gasteiger partial charge in [0.15, 0.2) is 0 Å². The van der Waals surface area contributed by atoms with E-state index in [-0.39, 0.29) is 5.91 Å². The number of aromatic nitrogens is 1. The summed E-state index contributed by atoms with van der Waals surface area (Å²) < 4.78 is 12.5. The maximum Gasteiger partial charge on any atom is 0.256 e. The minimum Gasteiger partial charge on any atom is -0.323 e. The van der Waals surface area contributed by atoms with Gasteiger partial charge in [-0.05, 0) is 91.6 Å². The van der Waals surface area contributed by atoms with Gasteiger partial charge < -0.3 is 5.32 Å². The van der Waals surface area contributed by atoms with Crippen molar-refractivity contribution in [3.63, 3.8) is 0 Å². The van der Waals surface area contributed by atoms with Crippen molar-refractivity contribution in [1.29, 1.82) is 0 Å². The van der Waals surface area contributed by atoms with E-state index in [0.717, 1.165) is 27.9 Å². The van der Waals surface area contributed by atoms with Gasteiger partial charge in [-0.2, -0.15) is 0 Å². The number of aryl methyl sites for hydroxylation is 4. The predicted molar refractivity (Wildman–Crippen MR) is 141 cm³/mol. The Hall–Kier alpha value is -4.05. The first-order valence-electron chi connectivity index (χ1n) is 11.0. The largest absolute Gasteiger partial charge is 0.323 e. The third-order valence-corrected chi connectivity index (χ3v) is 5.60. The summed E-state index contributed by atoms with van der Waals surface area (Å²) in [5.74, 6) is -0.866. The summed E-state index contributed by atoms with van der Waals surface area (Å²) in [7, 11) is 0. The second-order valence-corrected chi connectivity index (χ2v) is 8.37. The van der Waals surface area contributed by atoms with Crippen molar-refractivity contribution in [2.45, 2.75) is 27.7 Å². The highest BCUT2D eigenvalue weighted by atomic mass is 19.1. The van der Waals surface area contributed by atoms with Gasteiger partial charge in [0.2, 0.25) is 0 Å². The van der Waals surface area contributed by atoms with Gasteiger partial charge in [-0.25, -0.2) is 4.39 Å². The molecule has 1 amide bonds. The molecule has 1 aromatic heterocycles. The molecule has 0 radical (unpaired) electrons. The van der Waals surface area contributed by atoms with Crippen molar-refractivity contribution in [3.05, 3.63) is 125 Å². The van der Waals surface area contributed by atoms with Crippen molar-refractivity contribution in [3.8, 4) is 0 Å². The van der Waals surface area contributed by atoms with Crippen LogP contribution in [0.2, 0.25) is 0 Å². The lowest BCUT2D eigenvalue weighted by Gasteiger charge is -2.08. The first-order chi connectivity index (χ1) is 16.2. The molecule has 1 heterocycles. The van der Waals surface area contributed by atoms with Crippen LogP contribution in [-0.4, -0.2) is 10.9 Å². The van der Waals surface area contributed by atoms with E-state index in [1.54, 1.807) is 6.07 Å². The zero-order valence-electron chi connectivity index (χ0n) is 20.1. The highest BCUT2D eigenvalue weighted by molar-refractivity contribution is 6.07. The molecule has 4 aromatic rings. The van der Waals surface area contributed by atoms with Crippen molar-refractivity contribution in [1.82, 2.24) is 10.3 Å². The molecule has 0 atom stereocenters. The number of nitrogens with zero attached hydrogens (tertiary/aromatic N) is 1. The number of carbonyl (C=O) groups excluding carboxylic acids is 1. The number of pyridine rings is 1. The van der Waals surface area contributed by atoms with E-state index >= 15 is 0 Å². The Labute approximate surface area is 200 Å². The molecule has 0 bridgehead atoms. The Morgan fingerprint density at radius 2 is 1.62 bits per heavy atom. The average Bonchev–Trinajstić information content (AvgIpc) is 2.79. The monoisotopic (exact) mass is 452 g/mol. The molecule has 3 aromatic carbocycles. The maximum atomic E-state index is 12.5. The standard InChI is InChI=1S/C18H16FNO.C12H13N/c1-12-7-10-16-15(11-12)5-4-6-17(16)18(21)20-14(3)9-8-13(2)19;1-8-4-5-13-12-7-10(3)9(2)6-11(8)12/h4-11H,2-3H2,1H3,(H,20,21);4-7H,1-3H3/b9-8-;. The molecule has 0 saturated heterocycles. The lowest BCUT2D eigenvalue weighted by Crippen LogP contribution is -2.21. The van der Waals surface area contributed by atoms with Crippen molar-refractivity contribution in [2.75, 3.05) is 0 Å². The van der Waals surface area contributed by atoms with Crippen LogP contribution in [0.4, 0.5) is 4.39 Å². The summed E-state index contributed by atoms with van der Waals surface area (Å²) in [5, 5.41) is 5.77. The first-order valence-corrected chi connectivity index (χ1v) is 11.0. The summed E-state index contributed by atoms with van der Waals surface area (Å²) in [6, 6.07) is 17.9. The van der Waals surface area contributed by atoms with Crippen LogP contribution in [0.25, 0.3) is 21.7 Å². The fourth-order valence-corrected chi connectivity index (χ4v) is 3.59. The van der Waals surface area contributed by atoms with Gasteiger partial charge in [-0.1, -0.05) is 49.1 Å². The Kier molecular flexibility index (Phi) is 7.75. The van der Waals surface area contributed by atoms with Crippen LogP contribution in [0.1, 0.15) is 32.6 Å². The number of halogens is 1. The van der Waals surface area contributed by atoms with Crippen molar-refractivity contribution >= 4 is 27.6 Å². The molecule has 0 fully saturated rings. The van der Waals surface area contributed by atoms with Crippen molar-refractivity contribution < 1.29 is 9.18 Å². The highest BCUT2D eigenvalue weighted by Crippen LogP contribution is 2.21. The molecule has 0 unspecified atom stereocenters. The third-order valence-electron chi connectivity index (χ3n) is 5.60. The van der Waals surface area contributed by atoms with Gasteiger partial charge in [0.1, 0.15) is 5.83 Å². The average molecular weight is 453 g/mol. The van der Waals surface area contributed by atoms with Crippen LogP contribution >= 0.6 is 0 Å². The highest BCUT2D eigenvalue weighted by Gasteiger charge is 2.10. The van der Waals surface area contributed by atoms with E-state index in [4.69, 9.17) is 0 Å². The molecule has 34 heavy (non-hydrogen) atoms. The number of nitrogens with one attached hydrogen (secondary N) is 1. The van der Waals surface area contributed by atoms with Gasteiger partial charge in [-0.15, -0.1) is 0 Å². The number of allylic oxidation sites excluding steroid dienone is 3. The van der Waals surface area contributed by atoms with Crippen molar-refractivity contribution in [2.24, 2.45) is 0 Å². The zero-order valence-corrected chi connectivity index (χ0v) is 20.1. The lowest BCUT2D eigenvalue weighted by atomic mass is 10.0. The number of amides is 1. The summed E-state index contributed by atoms with van der Waals surface area (Å²) in [4.78, 5) is 16.6. The quantitative estimate of drug-likeness (QED) is 0.324. The maximum absolute atomic E-state index is 12.5. The van der Waals surface area contributed by atoms with Crippen LogP contribution in [-0.2, 0) is 0 Å². The molecule has 0 aliphatic carbocycles. The number of rotatable bonds is 4. The minimum absolute atomic E-state index is 0.274. The third kappa shape index (κ3) is 6.04. The van der Waals surface area contributed by atoms with Gasteiger partial charge in [0.05, 0.1) is 5.52 Å². The second kappa shape index (κ2) is 10.7. The van der Waals surface area contributed by atoms with Gasteiger partial charge >= 0.3 is 0 Å². The predicted octanol–water partition coefficient (Wildman–Crippen LogP) is 7.59. The molecule has 1 N–H and O–H groups in total. The molecule has 0 saturated carbocycles. The summed E-state index contributed by atoms with van der Waals surface area (Å²) in [6.07, 6.45) is 4.39. The van der Waals surface area contributed by atoms with Gasteiger partial charge in [-0.3, -0.25) is 9.78 Å². The Bertz CT molecular complexity index is 1430. The van der Waals surface area contributed by atoms with Gasteiger partial charge in [0.25, 0.3) is 5.91 Å². The number of benzene rings is 3. The Morgan fingerprint density at radius 3 is 2.35 bits per heavy atom. The van der Waals surface area contributed by atoms with E-state index in [1.165, 1.54) is 28.2 Å². The Morgan fingerprint density at radius 1 is 0.882 bits per heavy atom. The summed E-state index contributed by atoms with van der Waals surface area (Å²) >= 11 is 0. The Balaban J connectivity index is 0.000000212. The van der Waals surface area contributed by atoms with Crippen LogP contribution in [0.5, 0.6) is 0 Å². The second-order valence-electron chi connectivity index (χ2n) is 8.37. The summed E-state index contributed by atoms with van der Waals surface area (Å²) in [6.45, 7) is 15.2. The van der Waals surface area contributed by atoms with Crippen LogP contribution in [0.15, 0.2) is 97.6 Å². The smallest absolute Gasteiger partial charge is 0.256 e. The molecule has 0 aliphatic rings. The van der Waals surface area contributed by atoms with Gasteiger partial charge in [0, 0.05) is 22.8 Å². The van der Waals surface area contributed by atoms with Crippen LogP contribution in [0.3, 0.4) is 0 Å². The van der Waals surface area contributed by atoms with Crippen LogP contribution < -0.4 is 5.32 Å². The normalized spacial score (nSPS) is 10.7. The topological polar surface area (TPSA) is 42.0 Å². The molecule has 0 spiro atoms. The number of hydrogen-bond donors (Lipinski definition) is 1. The van der Waals surface area contributed by atoms with E-state index in [2.05, 4.69) is 62.4 Å². The van der Waals surface area contributed by atoms with Crippen LogP contribution in [0, 0.1) is 27.7 Å². The zero-order chi connectivity index (χ0) is 24.8. The van der Waals surface area contributed by atoms with E-state index < -0.39 is 5.83 Å². The molecule has 0 aliphatic heterocycles. The SMILES string of the molecule is C=C(F)/C=C\C(=C)NC(=O)c1cccc2cc(C)ccc12.Cc1cc2nccc(C)c2cc1C. The molecule has 4 heteroatoms. The molecule has 172 valence electrons. The molecular formula is C30H29FN2O.